The minimum Gasteiger partial charge on any atom is -0.308 e. The minimum absolute atomic E-state index is 0.313. The fourth-order valence-electron chi connectivity index (χ4n) is 2.69. The lowest BCUT2D eigenvalue weighted by Crippen LogP contribution is -2.19. The van der Waals surface area contributed by atoms with Gasteiger partial charge in [0.1, 0.15) is 11.4 Å². The van der Waals surface area contributed by atoms with E-state index in [1.807, 2.05) is 56.6 Å². The molecule has 0 aliphatic heterocycles. The summed E-state index contributed by atoms with van der Waals surface area (Å²) in [6, 6.07) is 14.6. The average Bonchev–Trinajstić information content (AvgIpc) is 3.09. The Labute approximate surface area is 156 Å². The molecule has 2 heterocycles. The maximum atomic E-state index is 12.2. The van der Waals surface area contributed by atoms with Gasteiger partial charge in [-0.3, -0.25) is 9.67 Å². The molecule has 27 heavy (non-hydrogen) atoms. The highest BCUT2D eigenvalue weighted by atomic mass is 16.2. The maximum absolute atomic E-state index is 12.2. The SMILES string of the molecule is Cc1ccc(NC(=O)Nc2ccc3ncc(-c4ccn(C)n4)nc3c2)cc1. The number of carbonyl (C=O) groups is 1. The van der Waals surface area contributed by atoms with Gasteiger partial charge < -0.3 is 10.6 Å². The number of urea groups is 1. The second kappa shape index (κ2) is 6.87. The summed E-state index contributed by atoms with van der Waals surface area (Å²) in [5.74, 6) is 0. The largest absolute Gasteiger partial charge is 0.323 e. The molecule has 2 aromatic carbocycles. The molecule has 4 aromatic rings. The van der Waals surface area contributed by atoms with Crippen LogP contribution >= 0.6 is 0 Å². The zero-order chi connectivity index (χ0) is 18.8. The highest BCUT2D eigenvalue weighted by molar-refractivity contribution is 6.00. The monoisotopic (exact) mass is 358 g/mol. The predicted molar refractivity (Wildman–Crippen MR) is 106 cm³/mol. The van der Waals surface area contributed by atoms with Crippen molar-refractivity contribution in [3.63, 3.8) is 0 Å². The van der Waals surface area contributed by atoms with E-state index >= 15 is 0 Å². The Hall–Kier alpha value is -3.74. The Bertz CT molecular complexity index is 1120. The summed E-state index contributed by atoms with van der Waals surface area (Å²) in [6.07, 6.45) is 3.55. The first-order chi connectivity index (χ1) is 13.1. The Morgan fingerprint density at radius 1 is 0.926 bits per heavy atom. The van der Waals surface area contributed by atoms with Crippen molar-refractivity contribution < 1.29 is 4.79 Å². The van der Waals surface area contributed by atoms with E-state index in [1.54, 1.807) is 23.0 Å². The van der Waals surface area contributed by atoms with Gasteiger partial charge in [0.25, 0.3) is 0 Å². The number of aromatic nitrogens is 4. The van der Waals surface area contributed by atoms with Crippen molar-refractivity contribution in [2.75, 3.05) is 10.6 Å². The topological polar surface area (TPSA) is 84.7 Å². The van der Waals surface area contributed by atoms with Crippen LogP contribution in [-0.4, -0.2) is 25.8 Å². The van der Waals surface area contributed by atoms with Crippen LogP contribution in [0.15, 0.2) is 60.9 Å². The van der Waals surface area contributed by atoms with E-state index in [2.05, 4.69) is 25.7 Å². The van der Waals surface area contributed by atoms with Gasteiger partial charge in [-0.1, -0.05) is 17.7 Å². The molecule has 0 atom stereocenters. The predicted octanol–water partition coefficient (Wildman–Crippen LogP) is 3.98. The number of amides is 2. The normalized spacial score (nSPS) is 10.7. The third-order valence-corrected chi connectivity index (χ3v) is 4.09. The molecule has 0 spiro atoms. The van der Waals surface area contributed by atoms with Crippen molar-refractivity contribution in [3.8, 4) is 11.4 Å². The Balaban J connectivity index is 1.54. The van der Waals surface area contributed by atoms with Gasteiger partial charge >= 0.3 is 6.03 Å². The Morgan fingerprint density at radius 3 is 2.41 bits per heavy atom. The smallest absolute Gasteiger partial charge is 0.308 e. The molecule has 0 bridgehead atoms. The van der Waals surface area contributed by atoms with Crippen LogP contribution in [0.25, 0.3) is 22.4 Å². The van der Waals surface area contributed by atoms with Crippen LogP contribution in [0.3, 0.4) is 0 Å². The number of hydrogen-bond donors (Lipinski definition) is 2. The van der Waals surface area contributed by atoms with Crippen LogP contribution in [0.4, 0.5) is 16.2 Å². The van der Waals surface area contributed by atoms with Crippen molar-refractivity contribution in [1.29, 1.82) is 0 Å². The highest BCUT2D eigenvalue weighted by Crippen LogP contribution is 2.20. The van der Waals surface area contributed by atoms with E-state index < -0.39 is 0 Å². The molecular formula is C20H18N6O. The second-order valence-corrected chi connectivity index (χ2v) is 6.28. The minimum atomic E-state index is -0.313. The number of hydrogen-bond acceptors (Lipinski definition) is 4. The van der Waals surface area contributed by atoms with Gasteiger partial charge in [-0.2, -0.15) is 5.10 Å². The van der Waals surface area contributed by atoms with Crippen molar-refractivity contribution >= 4 is 28.4 Å². The highest BCUT2D eigenvalue weighted by Gasteiger charge is 2.08. The number of nitrogens with one attached hydrogen (secondary N) is 2. The van der Waals surface area contributed by atoms with Crippen LogP contribution in [0.2, 0.25) is 0 Å². The molecule has 134 valence electrons. The van der Waals surface area contributed by atoms with Gasteiger partial charge in [0, 0.05) is 24.6 Å². The number of rotatable bonds is 3. The molecule has 0 saturated heterocycles. The molecule has 0 fully saturated rings. The third-order valence-electron chi connectivity index (χ3n) is 4.09. The fraction of sp³-hybridized carbons (Fsp3) is 0.100. The van der Waals surface area contributed by atoms with Crippen molar-refractivity contribution in [2.45, 2.75) is 6.92 Å². The van der Waals surface area contributed by atoms with Crippen molar-refractivity contribution in [1.82, 2.24) is 19.7 Å². The number of anilines is 2. The number of nitrogens with zero attached hydrogens (tertiary/aromatic N) is 4. The third kappa shape index (κ3) is 3.77. The summed E-state index contributed by atoms with van der Waals surface area (Å²) in [5.41, 5.74) is 5.38. The van der Waals surface area contributed by atoms with E-state index in [-0.39, 0.29) is 6.03 Å². The molecule has 2 aromatic heterocycles. The molecule has 4 rings (SSSR count). The number of carbonyl (C=O) groups excluding carboxylic acids is 1. The maximum Gasteiger partial charge on any atom is 0.323 e. The molecule has 2 amide bonds. The number of aryl methyl sites for hydroxylation is 2. The van der Waals surface area contributed by atoms with Crippen LogP contribution in [0.1, 0.15) is 5.56 Å². The summed E-state index contributed by atoms with van der Waals surface area (Å²) < 4.78 is 1.72. The molecular weight excluding hydrogens is 340 g/mol. The summed E-state index contributed by atoms with van der Waals surface area (Å²) in [5, 5.41) is 9.98. The van der Waals surface area contributed by atoms with E-state index in [0.29, 0.717) is 16.9 Å². The molecule has 0 saturated carbocycles. The summed E-state index contributed by atoms with van der Waals surface area (Å²) in [4.78, 5) is 21.3. The summed E-state index contributed by atoms with van der Waals surface area (Å²) in [6.45, 7) is 2.00. The van der Waals surface area contributed by atoms with Gasteiger partial charge in [0.2, 0.25) is 0 Å². The number of benzene rings is 2. The molecule has 0 unspecified atom stereocenters. The second-order valence-electron chi connectivity index (χ2n) is 6.28. The lowest BCUT2D eigenvalue weighted by Gasteiger charge is -2.09. The molecule has 2 N–H and O–H groups in total. The van der Waals surface area contributed by atoms with Crippen LogP contribution in [0.5, 0.6) is 0 Å². The molecule has 0 radical (unpaired) electrons. The number of fused-ring (bicyclic) bond motifs is 1. The van der Waals surface area contributed by atoms with Crippen molar-refractivity contribution in [2.24, 2.45) is 7.05 Å². The zero-order valence-electron chi connectivity index (χ0n) is 15.0. The lowest BCUT2D eigenvalue weighted by atomic mass is 10.2. The van der Waals surface area contributed by atoms with Crippen molar-refractivity contribution in [3.05, 3.63) is 66.5 Å². The van der Waals surface area contributed by atoms with Crippen LogP contribution in [0, 0.1) is 6.92 Å². The van der Waals surface area contributed by atoms with Gasteiger partial charge in [-0.15, -0.1) is 0 Å². The fourth-order valence-corrected chi connectivity index (χ4v) is 2.69. The van der Waals surface area contributed by atoms with E-state index in [9.17, 15) is 4.79 Å². The molecule has 7 heteroatoms. The van der Waals surface area contributed by atoms with Gasteiger partial charge in [0.05, 0.1) is 17.2 Å². The van der Waals surface area contributed by atoms with E-state index in [1.165, 1.54) is 0 Å². The lowest BCUT2D eigenvalue weighted by molar-refractivity contribution is 0.262. The van der Waals surface area contributed by atoms with E-state index in [4.69, 9.17) is 0 Å². The first-order valence-corrected chi connectivity index (χ1v) is 8.48. The first kappa shape index (κ1) is 16.7. The van der Waals surface area contributed by atoms with Gasteiger partial charge in [-0.25, -0.2) is 9.78 Å². The summed E-state index contributed by atoms with van der Waals surface area (Å²) in [7, 11) is 1.85. The first-order valence-electron chi connectivity index (χ1n) is 8.48. The zero-order valence-corrected chi connectivity index (χ0v) is 15.0. The molecule has 0 aliphatic rings. The Morgan fingerprint density at radius 2 is 1.67 bits per heavy atom. The van der Waals surface area contributed by atoms with Gasteiger partial charge in [0.15, 0.2) is 0 Å². The standard InChI is InChI=1S/C20H18N6O/c1-13-3-5-14(6-4-13)22-20(27)23-15-7-8-16-18(11-15)24-19(12-21-16)17-9-10-26(2)25-17/h3-12H,1-2H3,(H2,22,23,27). The quantitative estimate of drug-likeness (QED) is 0.580. The van der Waals surface area contributed by atoms with Crippen LogP contribution in [-0.2, 0) is 7.05 Å². The van der Waals surface area contributed by atoms with E-state index in [0.717, 1.165) is 22.5 Å². The molecule has 0 aliphatic carbocycles. The van der Waals surface area contributed by atoms with Gasteiger partial charge in [-0.05, 0) is 43.3 Å². The molecule has 7 nitrogen and oxygen atoms in total. The average molecular weight is 358 g/mol. The van der Waals surface area contributed by atoms with Crippen LogP contribution < -0.4 is 10.6 Å². The Kier molecular flexibility index (Phi) is 4.25. The summed E-state index contributed by atoms with van der Waals surface area (Å²) >= 11 is 0.